The van der Waals surface area contributed by atoms with E-state index >= 15 is 0 Å². The number of anilines is 3. The summed E-state index contributed by atoms with van der Waals surface area (Å²) in [5.41, 5.74) is 2.36. The van der Waals surface area contributed by atoms with Crippen molar-refractivity contribution in [3.63, 3.8) is 0 Å². The first-order valence-electron chi connectivity index (χ1n) is 5.92. The Balaban J connectivity index is 2.88. The highest BCUT2D eigenvalue weighted by Gasteiger charge is 2.14. The molecule has 0 saturated heterocycles. The number of rotatable bonds is 6. The van der Waals surface area contributed by atoms with Gasteiger partial charge in [-0.25, -0.2) is 5.84 Å². The van der Waals surface area contributed by atoms with Gasteiger partial charge in [-0.2, -0.15) is 15.0 Å². The lowest BCUT2D eigenvalue weighted by atomic mass is 10.3. The van der Waals surface area contributed by atoms with Gasteiger partial charge in [0.15, 0.2) is 0 Å². The highest BCUT2D eigenvalue weighted by molar-refractivity contribution is 5.83. The third-order valence-electron chi connectivity index (χ3n) is 2.24. The van der Waals surface area contributed by atoms with E-state index in [-0.39, 0.29) is 17.8 Å². The molecule has 19 heavy (non-hydrogen) atoms. The van der Waals surface area contributed by atoms with Crippen molar-refractivity contribution in [1.82, 2.24) is 20.3 Å². The molecular weight excluding hydrogens is 248 g/mol. The molecule has 1 unspecified atom stereocenters. The van der Waals surface area contributed by atoms with Crippen LogP contribution < -0.4 is 26.8 Å². The molecule has 106 valence electrons. The molecule has 9 nitrogen and oxygen atoms in total. The first kappa shape index (κ1) is 14.9. The maximum atomic E-state index is 11.6. The minimum absolute atomic E-state index is 0.128. The second kappa shape index (κ2) is 6.69. The number of nitrogens with zero attached hydrogens (tertiary/aromatic N) is 4. The van der Waals surface area contributed by atoms with Crippen LogP contribution in [0, 0.1) is 0 Å². The quantitative estimate of drug-likeness (QED) is 0.389. The van der Waals surface area contributed by atoms with E-state index in [1.165, 1.54) is 0 Å². The van der Waals surface area contributed by atoms with Crippen LogP contribution in [0.3, 0.4) is 0 Å². The molecule has 1 aromatic heterocycles. The minimum atomic E-state index is -0.456. The largest absolute Gasteiger partial charge is 0.355 e. The highest BCUT2D eigenvalue weighted by Crippen LogP contribution is 2.11. The summed E-state index contributed by atoms with van der Waals surface area (Å²) in [4.78, 5) is 25.6. The first-order valence-corrected chi connectivity index (χ1v) is 5.92. The molecule has 0 aliphatic heterocycles. The number of hydrazine groups is 1. The Morgan fingerprint density at radius 3 is 2.47 bits per heavy atom. The summed E-state index contributed by atoms with van der Waals surface area (Å²) in [6.07, 6.45) is 0. The molecule has 0 bridgehead atoms. The number of aromatic nitrogens is 3. The summed E-state index contributed by atoms with van der Waals surface area (Å²) in [6.45, 7) is 4.15. The smallest absolute Gasteiger partial charge is 0.243 e. The topological polar surface area (TPSA) is 121 Å². The molecule has 0 aliphatic carbocycles. The van der Waals surface area contributed by atoms with E-state index in [0.717, 1.165) is 0 Å². The first-order chi connectivity index (χ1) is 8.97. The standard InChI is InChI=1S/C10H20N8O/c1-5-12-7(19)6(2)13-8-14-9(17-11)16-10(15-8)18(3)4/h6H,5,11H2,1-4H3,(H,12,19)(H2,13,14,15,16,17). The van der Waals surface area contributed by atoms with Gasteiger partial charge in [0.05, 0.1) is 0 Å². The minimum Gasteiger partial charge on any atom is -0.355 e. The van der Waals surface area contributed by atoms with E-state index in [9.17, 15) is 4.79 Å². The molecule has 1 atom stereocenters. The molecule has 0 saturated carbocycles. The molecule has 1 aromatic rings. The average molecular weight is 268 g/mol. The van der Waals surface area contributed by atoms with E-state index < -0.39 is 6.04 Å². The predicted octanol–water partition coefficient (Wildman–Crippen LogP) is -0.840. The molecule has 1 rings (SSSR count). The molecule has 1 heterocycles. The van der Waals surface area contributed by atoms with Crippen LogP contribution in [-0.4, -0.2) is 47.5 Å². The van der Waals surface area contributed by atoms with Crippen LogP contribution in [-0.2, 0) is 4.79 Å². The molecule has 1 amide bonds. The maximum Gasteiger partial charge on any atom is 0.243 e. The zero-order valence-corrected chi connectivity index (χ0v) is 11.6. The monoisotopic (exact) mass is 268 g/mol. The van der Waals surface area contributed by atoms with Gasteiger partial charge in [0.1, 0.15) is 6.04 Å². The van der Waals surface area contributed by atoms with E-state index in [2.05, 4.69) is 31.0 Å². The van der Waals surface area contributed by atoms with Crippen molar-refractivity contribution in [1.29, 1.82) is 0 Å². The Hall–Kier alpha value is -2.16. The lowest BCUT2D eigenvalue weighted by Gasteiger charge is -2.16. The molecule has 9 heteroatoms. The summed E-state index contributed by atoms with van der Waals surface area (Å²) in [5, 5.41) is 5.61. The molecule has 5 N–H and O–H groups in total. The Morgan fingerprint density at radius 2 is 1.95 bits per heavy atom. The Kier molecular flexibility index (Phi) is 5.24. The SMILES string of the molecule is CCNC(=O)C(C)Nc1nc(NN)nc(N(C)C)n1. The van der Waals surface area contributed by atoms with E-state index in [1.54, 1.807) is 25.9 Å². The summed E-state index contributed by atoms with van der Waals surface area (Å²) < 4.78 is 0. The van der Waals surface area contributed by atoms with Crippen molar-refractivity contribution in [3.05, 3.63) is 0 Å². The fraction of sp³-hybridized carbons (Fsp3) is 0.600. The number of amides is 1. The number of nitrogen functional groups attached to an aromatic ring is 1. The number of nitrogens with one attached hydrogen (secondary N) is 3. The van der Waals surface area contributed by atoms with Crippen LogP contribution in [0.25, 0.3) is 0 Å². The predicted molar refractivity (Wildman–Crippen MR) is 73.7 cm³/mol. The van der Waals surface area contributed by atoms with Crippen molar-refractivity contribution in [2.45, 2.75) is 19.9 Å². The fourth-order valence-electron chi connectivity index (χ4n) is 1.28. The fourth-order valence-corrected chi connectivity index (χ4v) is 1.28. The van der Waals surface area contributed by atoms with Crippen molar-refractivity contribution < 1.29 is 4.79 Å². The van der Waals surface area contributed by atoms with Crippen LogP contribution in [0.4, 0.5) is 17.8 Å². The van der Waals surface area contributed by atoms with Crippen LogP contribution >= 0.6 is 0 Å². The van der Waals surface area contributed by atoms with Crippen LogP contribution in [0.15, 0.2) is 0 Å². The highest BCUT2D eigenvalue weighted by atomic mass is 16.2. The molecule has 0 fully saturated rings. The second-order valence-electron chi connectivity index (χ2n) is 4.08. The number of hydrogen-bond donors (Lipinski definition) is 4. The van der Waals surface area contributed by atoms with Crippen molar-refractivity contribution in [2.75, 3.05) is 36.3 Å². The summed E-state index contributed by atoms with van der Waals surface area (Å²) in [5.74, 6) is 6.12. The molecule has 0 aromatic carbocycles. The van der Waals surface area contributed by atoms with Gasteiger partial charge in [0.2, 0.25) is 23.8 Å². The van der Waals surface area contributed by atoms with Gasteiger partial charge in [-0.1, -0.05) is 0 Å². The van der Waals surface area contributed by atoms with E-state index in [0.29, 0.717) is 12.5 Å². The van der Waals surface area contributed by atoms with Gasteiger partial charge in [-0.05, 0) is 13.8 Å². The van der Waals surface area contributed by atoms with E-state index in [1.807, 2.05) is 6.92 Å². The Morgan fingerprint density at radius 1 is 1.32 bits per heavy atom. The lowest BCUT2D eigenvalue weighted by molar-refractivity contribution is -0.121. The third kappa shape index (κ3) is 4.21. The Labute approximate surface area is 112 Å². The summed E-state index contributed by atoms with van der Waals surface area (Å²) >= 11 is 0. The number of nitrogens with two attached hydrogens (primary N) is 1. The average Bonchev–Trinajstić information content (AvgIpc) is 2.38. The third-order valence-corrected chi connectivity index (χ3v) is 2.24. The number of carbonyl (C=O) groups is 1. The van der Waals surface area contributed by atoms with Crippen LogP contribution in [0.1, 0.15) is 13.8 Å². The Bertz CT molecular complexity index is 436. The summed E-state index contributed by atoms with van der Waals surface area (Å²) in [7, 11) is 3.60. The van der Waals surface area contributed by atoms with Gasteiger partial charge < -0.3 is 15.5 Å². The van der Waals surface area contributed by atoms with Crippen LogP contribution in [0.2, 0.25) is 0 Å². The van der Waals surface area contributed by atoms with Gasteiger partial charge in [0.25, 0.3) is 0 Å². The van der Waals surface area contributed by atoms with Crippen molar-refractivity contribution in [3.8, 4) is 0 Å². The zero-order valence-electron chi connectivity index (χ0n) is 11.6. The van der Waals surface area contributed by atoms with Gasteiger partial charge in [-0.3, -0.25) is 10.2 Å². The molecule has 0 radical (unpaired) electrons. The summed E-state index contributed by atoms with van der Waals surface area (Å²) in [6, 6.07) is -0.456. The number of carbonyl (C=O) groups excluding carboxylic acids is 1. The number of hydrogen-bond acceptors (Lipinski definition) is 8. The van der Waals surface area contributed by atoms with Gasteiger partial charge in [0, 0.05) is 20.6 Å². The van der Waals surface area contributed by atoms with Crippen LogP contribution in [0.5, 0.6) is 0 Å². The van der Waals surface area contributed by atoms with Crippen molar-refractivity contribution in [2.24, 2.45) is 5.84 Å². The van der Waals surface area contributed by atoms with Gasteiger partial charge >= 0.3 is 0 Å². The maximum absolute atomic E-state index is 11.6. The number of likely N-dealkylation sites (N-methyl/N-ethyl adjacent to an activating group) is 1. The normalized spacial score (nSPS) is 11.6. The van der Waals surface area contributed by atoms with Crippen molar-refractivity contribution >= 4 is 23.8 Å². The lowest BCUT2D eigenvalue weighted by Crippen LogP contribution is -2.38. The molecule has 0 spiro atoms. The molecule has 0 aliphatic rings. The zero-order chi connectivity index (χ0) is 14.4. The second-order valence-corrected chi connectivity index (χ2v) is 4.08. The van der Waals surface area contributed by atoms with E-state index in [4.69, 9.17) is 5.84 Å². The van der Waals surface area contributed by atoms with Gasteiger partial charge in [-0.15, -0.1) is 0 Å². The molecular formula is C10H20N8O.